The monoisotopic (exact) mass is 436 g/mol. The van der Waals surface area contributed by atoms with Crippen molar-refractivity contribution < 1.29 is 15.0 Å². The van der Waals surface area contributed by atoms with Crippen LogP contribution in [-0.2, 0) is 4.79 Å². The van der Waals surface area contributed by atoms with Crippen molar-refractivity contribution in [3.8, 4) is 0 Å². The average Bonchev–Trinajstić information content (AvgIpc) is 2.72. The molecule has 0 aromatic rings. The highest BCUT2D eigenvalue weighted by Crippen LogP contribution is 2.31. The second kappa shape index (κ2) is 18.7. The van der Waals surface area contributed by atoms with Gasteiger partial charge in [-0.15, -0.1) is 0 Å². The zero-order valence-electron chi connectivity index (χ0n) is 20.8. The average molecular weight is 437 g/mol. The fraction of sp³-hybridized carbons (Fsp3) is 0.893. The molecule has 0 saturated heterocycles. The smallest absolute Gasteiger partial charge is 0.303 e. The van der Waals surface area contributed by atoms with Gasteiger partial charge in [0.2, 0.25) is 0 Å². The number of aliphatic hydroxyl groups excluding tert-OH is 1. The molecule has 0 aliphatic heterocycles. The summed E-state index contributed by atoms with van der Waals surface area (Å²) in [6.07, 6.45) is 25.5. The molecule has 31 heavy (non-hydrogen) atoms. The molecule has 1 saturated carbocycles. The Hall–Kier alpha value is -0.830. The Kier molecular flexibility index (Phi) is 17.0. The molecule has 1 aliphatic rings. The molecule has 0 heterocycles. The van der Waals surface area contributed by atoms with Gasteiger partial charge in [-0.05, 0) is 56.9 Å². The third-order valence-corrected chi connectivity index (χ3v) is 7.17. The van der Waals surface area contributed by atoms with E-state index in [0.29, 0.717) is 12.3 Å². The Labute approximate surface area is 193 Å². The lowest BCUT2D eigenvalue weighted by molar-refractivity contribution is -0.137. The van der Waals surface area contributed by atoms with Crippen molar-refractivity contribution in [3.05, 3.63) is 11.1 Å². The van der Waals surface area contributed by atoms with E-state index in [9.17, 15) is 9.90 Å². The van der Waals surface area contributed by atoms with Gasteiger partial charge < -0.3 is 10.2 Å². The van der Waals surface area contributed by atoms with Crippen molar-refractivity contribution in [1.82, 2.24) is 0 Å². The van der Waals surface area contributed by atoms with Crippen LogP contribution in [0.3, 0.4) is 0 Å². The quantitative estimate of drug-likeness (QED) is 0.157. The van der Waals surface area contributed by atoms with E-state index in [4.69, 9.17) is 5.11 Å². The Bertz CT molecular complexity index is 483. The molecular formula is C28H52O3. The molecule has 2 unspecified atom stereocenters. The predicted molar refractivity (Wildman–Crippen MR) is 132 cm³/mol. The first kappa shape index (κ1) is 28.2. The van der Waals surface area contributed by atoms with E-state index in [1.807, 2.05) is 0 Å². The normalized spacial score (nSPS) is 20.7. The maximum absolute atomic E-state index is 10.4. The summed E-state index contributed by atoms with van der Waals surface area (Å²) in [5.41, 5.74) is 2.83. The Morgan fingerprint density at radius 3 is 1.52 bits per heavy atom. The first-order chi connectivity index (χ1) is 15.0. The van der Waals surface area contributed by atoms with Crippen molar-refractivity contribution >= 4 is 5.97 Å². The van der Waals surface area contributed by atoms with Crippen molar-refractivity contribution in [2.24, 2.45) is 5.92 Å². The van der Waals surface area contributed by atoms with Gasteiger partial charge in [-0.3, -0.25) is 4.79 Å². The summed E-state index contributed by atoms with van der Waals surface area (Å²) < 4.78 is 0. The number of carboxylic acids is 1. The van der Waals surface area contributed by atoms with E-state index < -0.39 is 5.97 Å². The van der Waals surface area contributed by atoms with Crippen LogP contribution in [0.1, 0.15) is 149 Å². The maximum Gasteiger partial charge on any atom is 0.303 e. The predicted octanol–water partition coefficient (Wildman–Crippen LogP) is 8.59. The van der Waals surface area contributed by atoms with Gasteiger partial charge in [0, 0.05) is 6.42 Å². The second-order valence-corrected chi connectivity index (χ2v) is 10.3. The van der Waals surface area contributed by atoms with Gasteiger partial charge >= 0.3 is 5.97 Å². The number of carbonyl (C=O) groups is 1. The molecule has 0 spiro atoms. The van der Waals surface area contributed by atoms with Crippen LogP contribution in [0.5, 0.6) is 0 Å². The van der Waals surface area contributed by atoms with Gasteiger partial charge in [0.25, 0.3) is 0 Å². The number of rotatable bonds is 19. The van der Waals surface area contributed by atoms with Gasteiger partial charge in [-0.25, -0.2) is 0 Å². The highest BCUT2D eigenvalue weighted by atomic mass is 16.4. The lowest BCUT2D eigenvalue weighted by Gasteiger charge is -2.27. The number of aliphatic carboxylic acids is 1. The lowest BCUT2D eigenvalue weighted by Crippen LogP contribution is -2.21. The molecule has 2 N–H and O–H groups in total. The van der Waals surface area contributed by atoms with E-state index in [1.54, 1.807) is 0 Å². The first-order valence-corrected chi connectivity index (χ1v) is 13.6. The van der Waals surface area contributed by atoms with E-state index >= 15 is 0 Å². The minimum absolute atomic E-state index is 0.167. The molecule has 182 valence electrons. The standard InChI is InChI=1S/C28H52O3/c1-24-21-22-26(27(29)23-24)25(2)19-17-15-13-11-9-7-5-3-4-6-8-10-12-14-16-18-20-28(30)31/h24,27,29H,3-23H2,1-2H3,(H,30,31). The van der Waals surface area contributed by atoms with Crippen molar-refractivity contribution in [2.75, 3.05) is 0 Å². The largest absolute Gasteiger partial charge is 0.481 e. The van der Waals surface area contributed by atoms with Crippen molar-refractivity contribution in [2.45, 2.75) is 155 Å². The number of hydrogen-bond acceptors (Lipinski definition) is 2. The van der Waals surface area contributed by atoms with Crippen molar-refractivity contribution in [1.29, 1.82) is 0 Å². The van der Waals surface area contributed by atoms with Crippen LogP contribution in [0.15, 0.2) is 11.1 Å². The van der Waals surface area contributed by atoms with E-state index in [1.165, 1.54) is 114 Å². The van der Waals surface area contributed by atoms with E-state index in [2.05, 4.69) is 13.8 Å². The summed E-state index contributed by atoms with van der Waals surface area (Å²) in [5, 5.41) is 18.9. The van der Waals surface area contributed by atoms with Crippen LogP contribution in [0, 0.1) is 5.92 Å². The molecule has 0 aromatic carbocycles. The molecule has 0 radical (unpaired) electrons. The summed E-state index contributed by atoms with van der Waals surface area (Å²) in [5.74, 6) is 0.0219. The Morgan fingerprint density at radius 1 is 0.742 bits per heavy atom. The summed E-state index contributed by atoms with van der Waals surface area (Å²) in [6.45, 7) is 4.50. The van der Waals surface area contributed by atoms with Gasteiger partial charge in [0.15, 0.2) is 0 Å². The number of carboxylic acid groups (broad SMARTS) is 1. The maximum atomic E-state index is 10.4. The minimum atomic E-state index is -0.658. The molecule has 2 atom stereocenters. The zero-order chi connectivity index (χ0) is 22.7. The fourth-order valence-electron chi connectivity index (χ4n) is 5.01. The summed E-state index contributed by atoms with van der Waals surface area (Å²) in [4.78, 5) is 10.4. The topological polar surface area (TPSA) is 57.5 Å². The van der Waals surface area contributed by atoms with E-state index in [-0.39, 0.29) is 6.10 Å². The molecule has 1 rings (SSSR count). The summed E-state index contributed by atoms with van der Waals surface area (Å²) in [6, 6.07) is 0. The molecule has 1 fully saturated rings. The van der Waals surface area contributed by atoms with Crippen LogP contribution in [-0.4, -0.2) is 22.3 Å². The van der Waals surface area contributed by atoms with Crippen LogP contribution < -0.4 is 0 Å². The van der Waals surface area contributed by atoms with Gasteiger partial charge in [0.05, 0.1) is 6.10 Å². The lowest BCUT2D eigenvalue weighted by atomic mass is 9.82. The van der Waals surface area contributed by atoms with Gasteiger partial charge in [-0.2, -0.15) is 0 Å². The summed E-state index contributed by atoms with van der Waals surface area (Å²) in [7, 11) is 0. The van der Waals surface area contributed by atoms with Crippen LogP contribution >= 0.6 is 0 Å². The molecule has 1 aliphatic carbocycles. The van der Waals surface area contributed by atoms with Crippen LogP contribution in [0.25, 0.3) is 0 Å². The van der Waals surface area contributed by atoms with Crippen LogP contribution in [0.4, 0.5) is 0 Å². The molecule has 3 heteroatoms. The Morgan fingerprint density at radius 2 is 1.13 bits per heavy atom. The van der Waals surface area contributed by atoms with E-state index in [0.717, 1.165) is 25.7 Å². The Balaban J connectivity index is 1.80. The van der Waals surface area contributed by atoms with Gasteiger partial charge in [-0.1, -0.05) is 102 Å². The van der Waals surface area contributed by atoms with Crippen LogP contribution in [0.2, 0.25) is 0 Å². The zero-order valence-corrected chi connectivity index (χ0v) is 20.8. The third-order valence-electron chi connectivity index (χ3n) is 7.17. The van der Waals surface area contributed by atoms with Crippen molar-refractivity contribution in [3.63, 3.8) is 0 Å². The molecule has 0 aromatic heterocycles. The first-order valence-electron chi connectivity index (χ1n) is 13.6. The number of hydrogen-bond donors (Lipinski definition) is 2. The fourth-order valence-corrected chi connectivity index (χ4v) is 5.01. The SMILES string of the molecule is CC(CCCCCCCCCCCCCCCCCCC(=O)O)=C1CCC(C)CC1O. The van der Waals surface area contributed by atoms with Gasteiger partial charge in [0.1, 0.15) is 0 Å². The minimum Gasteiger partial charge on any atom is -0.481 e. The number of allylic oxidation sites excluding steroid dienone is 1. The number of aliphatic hydroxyl groups is 1. The summed E-state index contributed by atoms with van der Waals surface area (Å²) >= 11 is 0. The highest BCUT2D eigenvalue weighted by Gasteiger charge is 2.22. The molecule has 0 bridgehead atoms. The molecular weight excluding hydrogens is 384 g/mol. The second-order valence-electron chi connectivity index (χ2n) is 10.3. The molecule has 0 amide bonds. The highest BCUT2D eigenvalue weighted by molar-refractivity contribution is 5.66. The number of unbranched alkanes of at least 4 members (excludes halogenated alkanes) is 15. The third kappa shape index (κ3) is 15.6. The molecule has 3 nitrogen and oxygen atoms in total.